The molecule has 0 aromatic heterocycles. The Hall–Kier alpha value is -3.27. The van der Waals surface area contributed by atoms with Gasteiger partial charge in [-0.25, -0.2) is 4.79 Å². The molecule has 0 aliphatic carbocycles. The molecule has 0 heterocycles. The Bertz CT molecular complexity index is 1160. The van der Waals surface area contributed by atoms with Gasteiger partial charge in [0.2, 0.25) is 0 Å². The number of ether oxygens (including phenoxy) is 4. The molecular formula is C48H82NO8+. The topological polar surface area (TPSA) is 108 Å². The van der Waals surface area contributed by atoms with Gasteiger partial charge in [0.05, 0.1) is 34.4 Å². The predicted octanol–water partition coefficient (Wildman–Crippen LogP) is 11.6. The third-order valence-electron chi connectivity index (χ3n) is 8.96. The summed E-state index contributed by atoms with van der Waals surface area (Å²) in [5.41, 5.74) is 0. The van der Waals surface area contributed by atoms with Crippen LogP contribution in [-0.4, -0.2) is 87.4 Å². The van der Waals surface area contributed by atoms with Gasteiger partial charge in [0.25, 0.3) is 6.29 Å². The largest absolute Gasteiger partial charge is 0.477 e. The van der Waals surface area contributed by atoms with Crippen LogP contribution in [0.25, 0.3) is 0 Å². The summed E-state index contributed by atoms with van der Waals surface area (Å²) in [5, 5.41) is 9.62. The van der Waals surface area contributed by atoms with Gasteiger partial charge < -0.3 is 28.5 Å². The first-order chi connectivity index (χ1) is 27.6. The molecule has 1 N–H and O–H groups in total. The molecule has 0 rings (SSSR count). The zero-order valence-electron chi connectivity index (χ0n) is 36.7. The number of unbranched alkanes of at least 4 members (excludes halogenated alkanes) is 12. The van der Waals surface area contributed by atoms with Gasteiger partial charge in [0.15, 0.2) is 6.10 Å². The third-order valence-corrected chi connectivity index (χ3v) is 8.96. The van der Waals surface area contributed by atoms with E-state index in [0.717, 1.165) is 64.2 Å². The van der Waals surface area contributed by atoms with Crippen LogP contribution in [0.4, 0.5) is 0 Å². The smallest absolute Gasteiger partial charge is 0.361 e. The minimum absolute atomic E-state index is 0.135. The van der Waals surface area contributed by atoms with Crippen LogP contribution < -0.4 is 0 Å². The molecule has 0 aliphatic heterocycles. The number of nitrogens with zero attached hydrogens (tertiary/aromatic N) is 1. The lowest BCUT2D eigenvalue weighted by Crippen LogP contribution is -2.40. The molecule has 2 atom stereocenters. The number of carboxylic acid groups (broad SMARTS) is 1. The molecule has 0 bridgehead atoms. The monoisotopic (exact) mass is 801 g/mol. The van der Waals surface area contributed by atoms with Crippen molar-refractivity contribution in [1.29, 1.82) is 0 Å². The highest BCUT2D eigenvalue weighted by molar-refractivity contribution is 5.71. The number of carbonyl (C=O) groups excluding carboxylic acids is 2. The highest BCUT2D eigenvalue weighted by atomic mass is 16.7. The van der Waals surface area contributed by atoms with Crippen molar-refractivity contribution < 1.29 is 42.9 Å². The second-order valence-corrected chi connectivity index (χ2v) is 15.6. The fourth-order valence-corrected chi connectivity index (χ4v) is 5.52. The molecule has 0 aliphatic rings. The van der Waals surface area contributed by atoms with Crippen molar-refractivity contribution in [2.24, 2.45) is 0 Å². The van der Waals surface area contributed by atoms with Crippen molar-refractivity contribution in [3.63, 3.8) is 0 Å². The molecule has 2 unspecified atom stereocenters. The van der Waals surface area contributed by atoms with Gasteiger partial charge in [-0.3, -0.25) is 9.59 Å². The molecule has 0 saturated carbocycles. The summed E-state index contributed by atoms with van der Waals surface area (Å²) in [7, 11) is 5.92. The zero-order chi connectivity index (χ0) is 42.1. The van der Waals surface area contributed by atoms with Crippen LogP contribution in [0.2, 0.25) is 0 Å². The number of carboxylic acids is 1. The Kier molecular flexibility index (Phi) is 37.3. The van der Waals surface area contributed by atoms with Gasteiger partial charge in [0.1, 0.15) is 13.2 Å². The van der Waals surface area contributed by atoms with Gasteiger partial charge in [0, 0.05) is 12.8 Å². The first-order valence-electron chi connectivity index (χ1n) is 22.1. The molecule has 9 heteroatoms. The van der Waals surface area contributed by atoms with Gasteiger partial charge in [-0.05, 0) is 70.6 Å². The number of esters is 2. The van der Waals surface area contributed by atoms with Crippen molar-refractivity contribution in [2.75, 3.05) is 47.5 Å². The highest BCUT2D eigenvalue weighted by Crippen LogP contribution is 2.13. The Labute approximate surface area is 347 Å². The van der Waals surface area contributed by atoms with Gasteiger partial charge in [-0.15, -0.1) is 0 Å². The maximum atomic E-state index is 12.7. The van der Waals surface area contributed by atoms with E-state index >= 15 is 0 Å². The minimum atomic E-state index is -1.53. The van der Waals surface area contributed by atoms with Gasteiger partial charge in [-0.2, -0.15) is 0 Å². The quantitative estimate of drug-likeness (QED) is 0.0215. The van der Waals surface area contributed by atoms with Crippen molar-refractivity contribution in [3.8, 4) is 0 Å². The summed E-state index contributed by atoms with van der Waals surface area (Å²) >= 11 is 0. The number of rotatable bonds is 39. The van der Waals surface area contributed by atoms with E-state index in [1.165, 1.54) is 57.8 Å². The fraction of sp³-hybridized carbons (Fsp3) is 0.688. The summed E-state index contributed by atoms with van der Waals surface area (Å²) < 4.78 is 22.6. The summed E-state index contributed by atoms with van der Waals surface area (Å²) in [6.07, 6.45) is 45.5. The number of hydrogen-bond acceptors (Lipinski definition) is 7. The molecular weight excluding hydrogens is 719 g/mol. The maximum absolute atomic E-state index is 12.7. The number of aliphatic carboxylic acids is 1. The zero-order valence-corrected chi connectivity index (χ0v) is 36.7. The molecule has 0 radical (unpaired) electrons. The van der Waals surface area contributed by atoms with E-state index in [0.29, 0.717) is 17.4 Å². The molecule has 0 aromatic carbocycles. The summed E-state index contributed by atoms with van der Waals surface area (Å²) in [5.74, 6) is -2.13. The van der Waals surface area contributed by atoms with Crippen molar-refractivity contribution in [2.45, 2.75) is 167 Å². The first kappa shape index (κ1) is 53.7. The normalized spacial score (nSPS) is 13.6. The average Bonchev–Trinajstić information content (AvgIpc) is 3.17. The molecule has 0 fully saturated rings. The Balaban J connectivity index is 4.50. The number of quaternary nitrogens is 1. The SMILES string of the molecule is CC/C=C\C/C=C\C/C=C\C/C=C\CCC(=O)OC(COC(=O)CCCCCCCCCCC/C=C\C/C=C\CCCCC)COC(OCC[N+](C)(C)C)C(=O)O. The van der Waals surface area contributed by atoms with E-state index in [2.05, 4.69) is 74.6 Å². The number of hydrogen-bond donors (Lipinski definition) is 1. The van der Waals surface area contributed by atoms with Gasteiger partial charge >= 0.3 is 17.9 Å². The van der Waals surface area contributed by atoms with Gasteiger partial charge in [-0.1, -0.05) is 145 Å². The van der Waals surface area contributed by atoms with E-state index in [1.54, 1.807) is 0 Å². The average molecular weight is 801 g/mol. The Morgan fingerprint density at radius 2 is 1.04 bits per heavy atom. The summed E-state index contributed by atoms with van der Waals surface area (Å²) in [6.45, 7) is 4.62. The lowest BCUT2D eigenvalue weighted by Gasteiger charge is -2.25. The number of allylic oxidation sites excluding steroid dienone is 12. The van der Waals surface area contributed by atoms with Crippen molar-refractivity contribution >= 4 is 17.9 Å². The maximum Gasteiger partial charge on any atom is 0.361 e. The predicted molar refractivity (Wildman–Crippen MR) is 235 cm³/mol. The Morgan fingerprint density at radius 1 is 0.544 bits per heavy atom. The van der Waals surface area contributed by atoms with E-state index < -0.39 is 24.3 Å². The van der Waals surface area contributed by atoms with E-state index in [4.69, 9.17) is 18.9 Å². The standard InChI is InChI=1S/C48H81NO8/c1-6-8-10-12-14-16-18-20-21-22-23-24-25-27-28-30-32-34-36-38-45(50)55-42-44(43-56-48(47(52)53)54-41-40-49(3,4)5)57-46(51)39-37-35-33-31-29-26-19-17-15-13-11-9-7-2/h9,11,14-17,20-21,26,29,33,35,44,48H,6-8,10,12-13,18-19,22-25,27-28,30-32,34,36-43H2,1-5H3/p+1/b11-9-,16-14-,17-15-,21-20-,29-26-,35-33-. The first-order valence-corrected chi connectivity index (χ1v) is 22.1. The summed E-state index contributed by atoms with van der Waals surface area (Å²) in [6, 6.07) is 0. The molecule has 57 heavy (non-hydrogen) atoms. The molecule has 0 spiro atoms. The lowest BCUT2D eigenvalue weighted by molar-refractivity contribution is -0.870. The van der Waals surface area contributed by atoms with E-state index in [-0.39, 0.29) is 38.6 Å². The van der Waals surface area contributed by atoms with Crippen molar-refractivity contribution in [3.05, 3.63) is 72.9 Å². The fourth-order valence-electron chi connectivity index (χ4n) is 5.52. The molecule has 9 nitrogen and oxygen atoms in total. The van der Waals surface area contributed by atoms with Crippen LogP contribution in [-0.2, 0) is 33.3 Å². The molecule has 0 saturated heterocycles. The van der Waals surface area contributed by atoms with Crippen LogP contribution in [0.5, 0.6) is 0 Å². The number of likely N-dealkylation sites (N-methyl/N-ethyl adjacent to an activating group) is 1. The minimum Gasteiger partial charge on any atom is -0.477 e. The van der Waals surface area contributed by atoms with Crippen LogP contribution in [0.1, 0.15) is 155 Å². The third kappa shape index (κ3) is 40.7. The van der Waals surface area contributed by atoms with Crippen LogP contribution in [0.15, 0.2) is 72.9 Å². The number of carbonyl (C=O) groups is 3. The van der Waals surface area contributed by atoms with E-state index in [9.17, 15) is 19.5 Å². The lowest BCUT2D eigenvalue weighted by atomic mass is 10.1. The summed E-state index contributed by atoms with van der Waals surface area (Å²) in [4.78, 5) is 37.0. The van der Waals surface area contributed by atoms with E-state index in [1.807, 2.05) is 33.3 Å². The second-order valence-electron chi connectivity index (χ2n) is 15.6. The molecule has 326 valence electrons. The van der Waals surface area contributed by atoms with Crippen LogP contribution >= 0.6 is 0 Å². The van der Waals surface area contributed by atoms with Crippen LogP contribution in [0, 0.1) is 0 Å². The molecule has 0 aromatic rings. The Morgan fingerprint density at radius 3 is 1.56 bits per heavy atom. The van der Waals surface area contributed by atoms with Crippen LogP contribution in [0.3, 0.4) is 0 Å². The van der Waals surface area contributed by atoms with Crippen molar-refractivity contribution in [1.82, 2.24) is 0 Å². The molecule has 0 amide bonds. The highest BCUT2D eigenvalue weighted by Gasteiger charge is 2.25. The second kappa shape index (κ2) is 39.6.